The monoisotopic (exact) mass is 318 g/mol. The highest BCUT2D eigenvalue weighted by atomic mass is 16.2. The highest BCUT2D eigenvalue weighted by Gasteiger charge is 2.57. The van der Waals surface area contributed by atoms with Gasteiger partial charge in [-0.05, 0) is 81.5 Å². The van der Waals surface area contributed by atoms with E-state index in [2.05, 4.69) is 0 Å². The molecule has 0 aromatic carbocycles. The minimum Gasteiger partial charge on any atom is -0.449 e. The second kappa shape index (κ2) is 5.22. The van der Waals surface area contributed by atoms with Crippen molar-refractivity contribution in [2.75, 3.05) is 6.54 Å². The number of carbonyl (C=O) groups excluding carboxylic acids is 1. The SMILES string of the molecule is CB(O)C1(C)CCCN1C(=O)C(N)C12CC3CC(CC(C3)C1)C2. The highest BCUT2D eigenvalue weighted by Crippen LogP contribution is 2.61. The number of carbonyl (C=O) groups is 1. The molecule has 2 unspecified atom stereocenters. The summed E-state index contributed by atoms with van der Waals surface area (Å²) < 4.78 is 0. The van der Waals surface area contributed by atoms with E-state index in [1.165, 1.54) is 19.3 Å². The summed E-state index contributed by atoms with van der Waals surface area (Å²) in [5.74, 6) is 2.53. The lowest BCUT2D eigenvalue weighted by atomic mass is 9.47. The molecule has 0 aromatic heterocycles. The summed E-state index contributed by atoms with van der Waals surface area (Å²) in [5, 5.41) is 10.2. The van der Waals surface area contributed by atoms with Crippen LogP contribution in [0.25, 0.3) is 0 Å². The molecule has 0 radical (unpaired) electrons. The Kier molecular flexibility index (Phi) is 3.62. The molecule has 4 saturated carbocycles. The molecular weight excluding hydrogens is 287 g/mol. The Balaban J connectivity index is 1.57. The third kappa shape index (κ3) is 2.30. The van der Waals surface area contributed by atoms with Crippen LogP contribution in [0, 0.1) is 23.2 Å². The molecule has 128 valence electrons. The fraction of sp³-hybridized carbons (Fsp3) is 0.944. The first-order valence-electron chi connectivity index (χ1n) is 9.59. The first-order chi connectivity index (χ1) is 10.8. The summed E-state index contributed by atoms with van der Waals surface area (Å²) in [7, 11) is 0. The zero-order valence-corrected chi connectivity index (χ0v) is 14.6. The zero-order valence-electron chi connectivity index (χ0n) is 14.6. The van der Waals surface area contributed by atoms with Gasteiger partial charge in [0, 0.05) is 12.0 Å². The minimum absolute atomic E-state index is 0.0496. The van der Waals surface area contributed by atoms with Crippen molar-refractivity contribution in [1.82, 2.24) is 4.90 Å². The van der Waals surface area contributed by atoms with Crippen LogP contribution in [-0.4, -0.2) is 40.8 Å². The molecule has 1 aliphatic heterocycles. The van der Waals surface area contributed by atoms with Crippen molar-refractivity contribution in [2.24, 2.45) is 28.9 Å². The summed E-state index contributed by atoms with van der Waals surface area (Å²) in [6.07, 6.45) is 9.44. The standard InChI is InChI=1S/C18H31BN2O2/c1-17(19(2)23)4-3-5-21(17)16(22)15(20)18-9-12-6-13(10-18)8-14(7-12)11-18/h12-15,23H,3-11,20H2,1-2H3. The molecule has 5 aliphatic rings. The first-order valence-corrected chi connectivity index (χ1v) is 9.59. The van der Waals surface area contributed by atoms with Gasteiger partial charge in [0.05, 0.1) is 6.04 Å². The van der Waals surface area contributed by atoms with Gasteiger partial charge in [-0.1, -0.05) is 6.82 Å². The van der Waals surface area contributed by atoms with Gasteiger partial charge < -0.3 is 15.7 Å². The first kappa shape index (κ1) is 16.0. The van der Waals surface area contributed by atoms with Crippen molar-refractivity contribution >= 4 is 12.8 Å². The summed E-state index contributed by atoms with van der Waals surface area (Å²) in [6.45, 7) is 4.08. The molecule has 5 fully saturated rings. The van der Waals surface area contributed by atoms with Crippen LogP contribution in [-0.2, 0) is 4.79 Å². The average molecular weight is 318 g/mol. The van der Waals surface area contributed by atoms with Gasteiger partial charge in [0.25, 0.3) is 0 Å². The van der Waals surface area contributed by atoms with Crippen LogP contribution in [0.1, 0.15) is 58.3 Å². The normalized spacial score (nSPS) is 46.3. The van der Waals surface area contributed by atoms with Crippen LogP contribution in [0.2, 0.25) is 6.82 Å². The van der Waals surface area contributed by atoms with Gasteiger partial charge in [0.2, 0.25) is 5.91 Å². The van der Waals surface area contributed by atoms with E-state index >= 15 is 0 Å². The maximum Gasteiger partial charge on any atom is 0.312 e. The van der Waals surface area contributed by atoms with Crippen molar-refractivity contribution in [2.45, 2.75) is 76.6 Å². The third-order valence-corrected chi connectivity index (χ3v) is 7.86. The molecule has 0 aromatic rings. The Morgan fingerprint density at radius 2 is 1.74 bits per heavy atom. The van der Waals surface area contributed by atoms with Gasteiger partial charge >= 0.3 is 6.92 Å². The van der Waals surface area contributed by atoms with Crippen LogP contribution in [0.4, 0.5) is 0 Å². The number of rotatable bonds is 3. The Morgan fingerprint density at radius 1 is 1.22 bits per heavy atom. The summed E-state index contributed by atoms with van der Waals surface area (Å²) in [6, 6.07) is -0.368. The van der Waals surface area contributed by atoms with E-state index in [0.29, 0.717) is 0 Å². The van der Waals surface area contributed by atoms with E-state index in [-0.39, 0.29) is 17.4 Å². The molecule has 1 saturated heterocycles. The molecule has 0 spiro atoms. The largest absolute Gasteiger partial charge is 0.449 e. The number of hydrogen-bond acceptors (Lipinski definition) is 3. The van der Waals surface area contributed by atoms with Gasteiger partial charge in [-0.15, -0.1) is 0 Å². The molecular formula is C18H31BN2O2. The lowest BCUT2D eigenvalue weighted by Gasteiger charge is -2.59. The Bertz CT molecular complexity index is 474. The highest BCUT2D eigenvalue weighted by molar-refractivity contribution is 6.53. The number of hydrogen-bond donors (Lipinski definition) is 2. The molecule has 1 heterocycles. The van der Waals surface area contributed by atoms with E-state index in [9.17, 15) is 9.82 Å². The van der Waals surface area contributed by atoms with Crippen molar-refractivity contribution in [3.8, 4) is 0 Å². The van der Waals surface area contributed by atoms with Crippen LogP contribution >= 0.6 is 0 Å². The van der Waals surface area contributed by atoms with Gasteiger partial charge in [-0.25, -0.2) is 0 Å². The molecule has 4 nitrogen and oxygen atoms in total. The van der Waals surface area contributed by atoms with E-state index in [4.69, 9.17) is 5.73 Å². The quantitative estimate of drug-likeness (QED) is 0.783. The Morgan fingerprint density at radius 3 is 2.22 bits per heavy atom. The van der Waals surface area contributed by atoms with Crippen LogP contribution in [0.5, 0.6) is 0 Å². The van der Waals surface area contributed by atoms with Crippen LogP contribution < -0.4 is 5.73 Å². The molecule has 4 bridgehead atoms. The molecule has 2 atom stereocenters. The predicted octanol–water partition coefficient (Wildman–Crippen LogP) is 2.06. The molecule has 4 aliphatic carbocycles. The second-order valence-corrected chi connectivity index (χ2v) is 9.38. The average Bonchev–Trinajstić information content (AvgIpc) is 2.87. The predicted molar refractivity (Wildman–Crippen MR) is 91.8 cm³/mol. The second-order valence-electron chi connectivity index (χ2n) is 9.38. The van der Waals surface area contributed by atoms with E-state index in [0.717, 1.165) is 56.4 Å². The molecule has 3 N–H and O–H groups in total. The fourth-order valence-corrected chi connectivity index (χ4v) is 6.77. The number of nitrogens with zero attached hydrogens (tertiary/aromatic N) is 1. The van der Waals surface area contributed by atoms with Crippen LogP contribution in [0.3, 0.4) is 0 Å². The van der Waals surface area contributed by atoms with Crippen molar-refractivity contribution < 1.29 is 9.82 Å². The zero-order chi connectivity index (χ0) is 16.4. The van der Waals surface area contributed by atoms with E-state index in [1.807, 2.05) is 18.6 Å². The lowest BCUT2D eigenvalue weighted by Crippen LogP contribution is -2.64. The third-order valence-electron chi connectivity index (χ3n) is 7.86. The number of amides is 1. The smallest absolute Gasteiger partial charge is 0.312 e. The summed E-state index contributed by atoms with van der Waals surface area (Å²) >= 11 is 0. The Hall–Kier alpha value is -0.545. The van der Waals surface area contributed by atoms with Crippen molar-refractivity contribution in [3.63, 3.8) is 0 Å². The minimum atomic E-state index is -0.502. The maximum absolute atomic E-state index is 13.3. The number of likely N-dealkylation sites (tertiary alicyclic amines) is 1. The molecule has 5 heteroatoms. The van der Waals surface area contributed by atoms with Crippen molar-refractivity contribution in [1.29, 1.82) is 0 Å². The molecule has 23 heavy (non-hydrogen) atoms. The Labute approximate surface area is 140 Å². The summed E-state index contributed by atoms with van der Waals surface area (Å²) in [5.41, 5.74) is 6.26. The lowest BCUT2D eigenvalue weighted by molar-refractivity contribution is -0.144. The van der Waals surface area contributed by atoms with Gasteiger partial charge in [-0.2, -0.15) is 0 Å². The fourth-order valence-electron chi connectivity index (χ4n) is 6.77. The van der Waals surface area contributed by atoms with Gasteiger partial charge in [0.15, 0.2) is 0 Å². The van der Waals surface area contributed by atoms with E-state index in [1.54, 1.807) is 0 Å². The number of nitrogens with two attached hydrogens (primary N) is 1. The molecule has 1 amide bonds. The maximum atomic E-state index is 13.3. The van der Waals surface area contributed by atoms with Crippen LogP contribution in [0.15, 0.2) is 0 Å². The van der Waals surface area contributed by atoms with Crippen molar-refractivity contribution in [3.05, 3.63) is 0 Å². The summed E-state index contributed by atoms with van der Waals surface area (Å²) in [4.78, 5) is 15.2. The van der Waals surface area contributed by atoms with Gasteiger partial charge in [0.1, 0.15) is 0 Å². The molecule has 5 rings (SSSR count). The van der Waals surface area contributed by atoms with E-state index < -0.39 is 12.4 Å². The van der Waals surface area contributed by atoms with Gasteiger partial charge in [-0.3, -0.25) is 4.79 Å². The topological polar surface area (TPSA) is 66.6 Å².